The largest absolute Gasteiger partial charge is 0.483 e. The summed E-state index contributed by atoms with van der Waals surface area (Å²) in [4.78, 5) is 27.3. The molecule has 1 saturated carbocycles. The van der Waals surface area contributed by atoms with Gasteiger partial charge in [0.1, 0.15) is 10.8 Å². The number of carbonyl (C=O) groups is 2. The number of hydrogen-bond donors (Lipinski definition) is 1. The van der Waals surface area contributed by atoms with Gasteiger partial charge in [0.25, 0.3) is 11.8 Å². The third kappa shape index (κ3) is 5.81. The highest BCUT2D eigenvalue weighted by atomic mass is 32.1. The van der Waals surface area contributed by atoms with Crippen LogP contribution < -0.4 is 10.1 Å². The van der Waals surface area contributed by atoms with Gasteiger partial charge in [0.15, 0.2) is 6.61 Å². The molecule has 8 heteroatoms. The summed E-state index contributed by atoms with van der Waals surface area (Å²) in [6.45, 7) is 1.50. The number of nitrogens with one attached hydrogen (secondary N) is 1. The Labute approximate surface area is 187 Å². The Morgan fingerprint density at radius 1 is 1.00 bits per heavy atom. The average molecular weight is 443 g/mol. The number of ether oxygens (including phenoxy) is 1. The van der Waals surface area contributed by atoms with E-state index in [0.29, 0.717) is 22.4 Å². The van der Waals surface area contributed by atoms with Crippen LogP contribution in [0.25, 0.3) is 0 Å². The SMILES string of the molecule is O=C(Nc1nnc(C2CCCCC2)s1)c1ccccc1OCC(=O)N1CCCCCC1. The first kappa shape index (κ1) is 21.7. The molecule has 166 valence electrons. The standard InChI is InChI=1S/C23H30N4O3S/c28-20(27-14-8-1-2-9-15-27)16-30-19-13-7-6-12-18(19)21(29)24-23-26-25-22(31-23)17-10-4-3-5-11-17/h6-7,12-13,17H,1-5,8-11,14-16H2,(H,24,26,29). The molecule has 2 heterocycles. The summed E-state index contributed by atoms with van der Waals surface area (Å²) >= 11 is 1.45. The zero-order valence-corrected chi connectivity index (χ0v) is 18.7. The summed E-state index contributed by atoms with van der Waals surface area (Å²) in [7, 11) is 0. The van der Waals surface area contributed by atoms with Crippen molar-refractivity contribution in [2.75, 3.05) is 25.0 Å². The number of para-hydroxylation sites is 1. The molecule has 0 spiro atoms. The third-order valence-electron chi connectivity index (χ3n) is 6.06. The highest BCUT2D eigenvalue weighted by Gasteiger charge is 2.22. The fourth-order valence-electron chi connectivity index (χ4n) is 4.30. The molecular weight excluding hydrogens is 412 g/mol. The summed E-state index contributed by atoms with van der Waals surface area (Å²) in [5, 5.41) is 12.8. The van der Waals surface area contributed by atoms with E-state index in [1.54, 1.807) is 24.3 Å². The van der Waals surface area contributed by atoms with E-state index in [4.69, 9.17) is 4.74 Å². The maximum absolute atomic E-state index is 12.9. The van der Waals surface area contributed by atoms with E-state index in [1.165, 1.54) is 43.4 Å². The molecule has 2 aliphatic rings. The van der Waals surface area contributed by atoms with Crippen molar-refractivity contribution in [3.63, 3.8) is 0 Å². The lowest BCUT2D eigenvalue weighted by Gasteiger charge is -2.20. The van der Waals surface area contributed by atoms with Crippen LogP contribution in [0.2, 0.25) is 0 Å². The van der Waals surface area contributed by atoms with Crippen molar-refractivity contribution in [3.8, 4) is 5.75 Å². The second-order valence-electron chi connectivity index (χ2n) is 8.31. The third-order valence-corrected chi connectivity index (χ3v) is 7.06. The number of aromatic nitrogens is 2. The normalized spacial score (nSPS) is 17.7. The molecule has 0 unspecified atom stereocenters. The lowest BCUT2D eigenvalue weighted by atomic mass is 9.90. The summed E-state index contributed by atoms with van der Waals surface area (Å²) in [6, 6.07) is 7.00. The van der Waals surface area contributed by atoms with E-state index in [0.717, 1.165) is 43.8 Å². The van der Waals surface area contributed by atoms with Crippen molar-refractivity contribution in [1.82, 2.24) is 15.1 Å². The molecule has 2 amide bonds. The van der Waals surface area contributed by atoms with Gasteiger partial charge in [-0.1, -0.05) is 55.6 Å². The first-order valence-electron chi connectivity index (χ1n) is 11.3. The first-order chi connectivity index (χ1) is 15.2. The van der Waals surface area contributed by atoms with Gasteiger partial charge in [-0.2, -0.15) is 0 Å². The van der Waals surface area contributed by atoms with Crippen LogP contribution in [0, 0.1) is 0 Å². The van der Waals surface area contributed by atoms with Crippen molar-refractivity contribution in [2.24, 2.45) is 0 Å². The maximum Gasteiger partial charge on any atom is 0.261 e. The zero-order chi connectivity index (χ0) is 21.5. The van der Waals surface area contributed by atoms with Crippen LogP contribution in [-0.4, -0.2) is 46.6 Å². The molecule has 1 aliphatic carbocycles. The maximum atomic E-state index is 12.9. The molecule has 2 aromatic rings. The van der Waals surface area contributed by atoms with Gasteiger partial charge in [0, 0.05) is 19.0 Å². The highest BCUT2D eigenvalue weighted by Crippen LogP contribution is 2.35. The van der Waals surface area contributed by atoms with Crippen LogP contribution in [-0.2, 0) is 4.79 Å². The van der Waals surface area contributed by atoms with Crippen LogP contribution >= 0.6 is 11.3 Å². The Morgan fingerprint density at radius 3 is 2.48 bits per heavy atom. The van der Waals surface area contributed by atoms with Crippen molar-refractivity contribution in [2.45, 2.75) is 63.7 Å². The number of carbonyl (C=O) groups excluding carboxylic acids is 2. The molecule has 2 fully saturated rings. The average Bonchev–Trinajstić information content (AvgIpc) is 3.10. The van der Waals surface area contributed by atoms with Crippen LogP contribution in [0.15, 0.2) is 24.3 Å². The molecule has 31 heavy (non-hydrogen) atoms. The number of hydrogen-bond acceptors (Lipinski definition) is 6. The second kappa shape index (κ2) is 10.7. The predicted octanol–water partition coefficient (Wildman–Crippen LogP) is 4.62. The minimum Gasteiger partial charge on any atom is -0.483 e. The lowest BCUT2D eigenvalue weighted by molar-refractivity contribution is -0.133. The number of amides is 2. The summed E-state index contributed by atoms with van der Waals surface area (Å²) < 4.78 is 5.77. The van der Waals surface area contributed by atoms with E-state index in [2.05, 4.69) is 15.5 Å². The molecular formula is C23H30N4O3S. The number of nitrogens with zero attached hydrogens (tertiary/aromatic N) is 3. The van der Waals surface area contributed by atoms with Gasteiger partial charge >= 0.3 is 0 Å². The van der Waals surface area contributed by atoms with Gasteiger partial charge in [0.05, 0.1) is 5.56 Å². The van der Waals surface area contributed by atoms with Crippen molar-refractivity contribution < 1.29 is 14.3 Å². The van der Waals surface area contributed by atoms with E-state index < -0.39 is 0 Å². The second-order valence-corrected chi connectivity index (χ2v) is 9.32. The van der Waals surface area contributed by atoms with E-state index in [1.807, 2.05) is 4.90 Å². The Kier molecular flexibility index (Phi) is 7.51. The van der Waals surface area contributed by atoms with E-state index >= 15 is 0 Å². The molecule has 7 nitrogen and oxygen atoms in total. The highest BCUT2D eigenvalue weighted by molar-refractivity contribution is 7.15. The van der Waals surface area contributed by atoms with E-state index in [-0.39, 0.29) is 18.4 Å². The zero-order valence-electron chi connectivity index (χ0n) is 17.8. The molecule has 4 rings (SSSR count). The minimum absolute atomic E-state index is 0.0293. The van der Waals surface area contributed by atoms with Crippen LogP contribution in [0.1, 0.15) is 79.1 Å². The molecule has 0 atom stereocenters. The summed E-state index contributed by atoms with van der Waals surface area (Å²) in [5.74, 6) is 0.528. The van der Waals surface area contributed by atoms with Gasteiger partial charge in [-0.05, 0) is 37.8 Å². The van der Waals surface area contributed by atoms with Crippen LogP contribution in [0.5, 0.6) is 5.75 Å². The van der Waals surface area contributed by atoms with Crippen LogP contribution in [0.3, 0.4) is 0 Å². The first-order valence-corrected chi connectivity index (χ1v) is 12.2. The van der Waals surface area contributed by atoms with Gasteiger partial charge in [-0.25, -0.2) is 0 Å². The molecule has 1 aromatic heterocycles. The summed E-state index contributed by atoms with van der Waals surface area (Å²) in [6.07, 6.45) is 10.4. The van der Waals surface area contributed by atoms with Gasteiger partial charge in [-0.15, -0.1) is 10.2 Å². The van der Waals surface area contributed by atoms with Crippen molar-refractivity contribution >= 4 is 28.3 Å². The Balaban J connectivity index is 1.36. The fourth-order valence-corrected chi connectivity index (χ4v) is 5.20. The molecule has 1 N–H and O–H groups in total. The van der Waals surface area contributed by atoms with Crippen LogP contribution in [0.4, 0.5) is 5.13 Å². The monoisotopic (exact) mass is 442 g/mol. The minimum atomic E-state index is -0.302. The smallest absolute Gasteiger partial charge is 0.261 e. The number of rotatable bonds is 6. The number of benzene rings is 1. The quantitative estimate of drug-likeness (QED) is 0.706. The topological polar surface area (TPSA) is 84.4 Å². The molecule has 1 aliphatic heterocycles. The Hall–Kier alpha value is -2.48. The van der Waals surface area contributed by atoms with Gasteiger partial charge < -0.3 is 9.64 Å². The Morgan fingerprint density at radius 2 is 1.71 bits per heavy atom. The number of anilines is 1. The van der Waals surface area contributed by atoms with E-state index in [9.17, 15) is 9.59 Å². The van der Waals surface area contributed by atoms with Crippen molar-refractivity contribution in [3.05, 3.63) is 34.8 Å². The molecule has 1 aromatic carbocycles. The number of likely N-dealkylation sites (tertiary alicyclic amines) is 1. The summed E-state index contributed by atoms with van der Waals surface area (Å²) in [5.41, 5.74) is 0.389. The molecule has 0 bridgehead atoms. The molecule has 0 radical (unpaired) electrons. The fraction of sp³-hybridized carbons (Fsp3) is 0.565. The molecule has 1 saturated heterocycles. The predicted molar refractivity (Wildman–Crippen MR) is 121 cm³/mol. The van der Waals surface area contributed by atoms with Gasteiger partial charge in [-0.3, -0.25) is 14.9 Å². The van der Waals surface area contributed by atoms with Crippen molar-refractivity contribution in [1.29, 1.82) is 0 Å². The lowest BCUT2D eigenvalue weighted by Crippen LogP contribution is -2.35. The van der Waals surface area contributed by atoms with Gasteiger partial charge in [0.2, 0.25) is 5.13 Å². The Bertz CT molecular complexity index is 886.